The molecule has 0 saturated heterocycles. The van der Waals surface area contributed by atoms with E-state index >= 15 is 0 Å². The molecule has 0 radical (unpaired) electrons. The maximum absolute atomic E-state index is 13.0. The Balaban J connectivity index is 3.89. The monoisotopic (exact) mass is 1410 g/mol. The molecule has 9 nitrogen and oxygen atoms in total. The zero-order valence-corrected chi connectivity index (χ0v) is 67.6. The molecule has 0 heterocycles. The van der Waals surface area contributed by atoms with Crippen LogP contribution in [0.25, 0.3) is 0 Å². The first-order chi connectivity index (χ1) is 49.1. The first-order valence-electron chi connectivity index (χ1n) is 44.3. The number of nitrogens with zero attached hydrogens (tertiary/aromatic N) is 1. The summed E-state index contributed by atoms with van der Waals surface area (Å²) < 4.78 is 22.9. The number of esters is 2. The number of rotatable bonds is 84. The SMILES string of the molecule is CC/C=C\C/C=C\C/C=C\C/C=C\CCCCCCCCCCCCCCCCCCCCCCCCC(=O)OC(COC(=O)CCCCCCCCCCCCCCCCCCCCCCCCCCCCCCCCCCCCCCCCCC)COC(OCC[N+](C)(C)C)C(=O)[O-]. The van der Waals surface area contributed by atoms with E-state index in [2.05, 4.69) is 62.5 Å². The van der Waals surface area contributed by atoms with Crippen LogP contribution >= 0.6 is 0 Å². The minimum Gasteiger partial charge on any atom is -0.545 e. The van der Waals surface area contributed by atoms with Gasteiger partial charge < -0.3 is 33.3 Å². The number of aliphatic carboxylic acids is 1. The second-order valence-electron chi connectivity index (χ2n) is 31.5. The molecular weight excluding hydrogens is 1230 g/mol. The van der Waals surface area contributed by atoms with E-state index in [4.69, 9.17) is 18.9 Å². The molecule has 0 aliphatic heterocycles. The fourth-order valence-corrected chi connectivity index (χ4v) is 13.7. The highest BCUT2D eigenvalue weighted by molar-refractivity contribution is 5.70. The van der Waals surface area contributed by atoms with Crippen LogP contribution in [0.3, 0.4) is 0 Å². The quantitative estimate of drug-likeness (QED) is 0.0195. The van der Waals surface area contributed by atoms with E-state index in [0.29, 0.717) is 17.4 Å². The lowest BCUT2D eigenvalue weighted by atomic mass is 10.0. The molecule has 0 fully saturated rings. The van der Waals surface area contributed by atoms with Gasteiger partial charge in [0.15, 0.2) is 12.4 Å². The molecule has 0 aliphatic carbocycles. The first kappa shape index (κ1) is 97.2. The standard InChI is InChI=1S/C91H171NO8/c1-6-8-10-12-14-16-18-20-22-24-26-28-30-32-34-36-38-40-42-43-44-45-46-48-49-51-53-55-57-59-61-63-65-67-69-71-73-75-77-79-81-88(93)98-85-87(86-99-91(90(95)96)97-84-83-92(3,4)5)100-89(94)82-80-78-76-74-72-70-68-66-64-62-60-58-56-54-52-50-47-41-39-37-35-33-31-29-27-25-23-21-19-17-15-13-11-9-7-2/h9,11,15,17,21,23,27,29,87,91H,6-8,10,12-14,16,18-20,22,24-26,28,30-86H2,1-5H3/b11-9-,17-15-,23-21-,29-27-. The van der Waals surface area contributed by atoms with E-state index in [1.807, 2.05) is 21.1 Å². The van der Waals surface area contributed by atoms with Crippen molar-refractivity contribution in [1.29, 1.82) is 0 Å². The van der Waals surface area contributed by atoms with Crippen molar-refractivity contribution in [2.45, 2.75) is 469 Å². The predicted octanol–water partition coefficient (Wildman–Crippen LogP) is 27.4. The van der Waals surface area contributed by atoms with Crippen molar-refractivity contribution in [3.63, 3.8) is 0 Å². The van der Waals surface area contributed by atoms with Gasteiger partial charge in [0.2, 0.25) is 0 Å². The van der Waals surface area contributed by atoms with E-state index in [-0.39, 0.29) is 32.2 Å². The fourth-order valence-electron chi connectivity index (χ4n) is 13.7. The Morgan fingerprint density at radius 3 is 0.850 bits per heavy atom. The topological polar surface area (TPSA) is 111 Å². The van der Waals surface area contributed by atoms with Gasteiger partial charge in [0, 0.05) is 12.8 Å². The largest absolute Gasteiger partial charge is 0.545 e. The van der Waals surface area contributed by atoms with E-state index in [1.165, 1.54) is 366 Å². The van der Waals surface area contributed by atoms with Gasteiger partial charge in [-0.2, -0.15) is 0 Å². The average molecular weight is 1410 g/mol. The number of ether oxygens (including phenoxy) is 4. The number of carbonyl (C=O) groups is 3. The molecule has 0 aromatic heterocycles. The van der Waals surface area contributed by atoms with Gasteiger partial charge in [0.05, 0.1) is 40.3 Å². The first-order valence-corrected chi connectivity index (χ1v) is 44.3. The zero-order valence-electron chi connectivity index (χ0n) is 67.6. The zero-order chi connectivity index (χ0) is 72.5. The van der Waals surface area contributed by atoms with Crippen LogP contribution in [-0.4, -0.2) is 82.3 Å². The summed E-state index contributed by atoms with van der Waals surface area (Å²) in [6.07, 6.45) is 106. The highest BCUT2D eigenvalue weighted by atomic mass is 16.7. The highest BCUT2D eigenvalue weighted by Crippen LogP contribution is 2.21. The predicted molar refractivity (Wildman–Crippen MR) is 431 cm³/mol. The van der Waals surface area contributed by atoms with Gasteiger partial charge in [0.25, 0.3) is 0 Å². The van der Waals surface area contributed by atoms with Gasteiger partial charge in [-0.1, -0.05) is 441 Å². The highest BCUT2D eigenvalue weighted by Gasteiger charge is 2.22. The van der Waals surface area contributed by atoms with E-state index in [0.717, 1.165) is 64.2 Å². The van der Waals surface area contributed by atoms with Gasteiger partial charge in [-0.3, -0.25) is 9.59 Å². The normalized spacial score (nSPS) is 12.8. The van der Waals surface area contributed by atoms with Gasteiger partial charge in [-0.15, -0.1) is 0 Å². The van der Waals surface area contributed by atoms with Crippen LogP contribution in [0.2, 0.25) is 0 Å². The number of allylic oxidation sites excluding steroid dienone is 8. The molecule has 0 bridgehead atoms. The minimum atomic E-state index is -1.62. The lowest BCUT2D eigenvalue weighted by molar-refractivity contribution is -0.870. The maximum Gasteiger partial charge on any atom is 0.306 e. The third-order valence-electron chi connectivity index (χ3n) is 20.3. The molecule has 2 atom stereocenters. The maximum atomic E-state index is 13.0. The number of likely N-dealkylation sites (N-methyl/N-ethyl adjacent to an activating group) is 1. The lowest BCUT2D eigenvalue weighted by Gasteiger charge is -2.26. The van der Waals surface area contributed by atoms with Crippen LogP contribution in [0.5, 0.6) is 0 Å². The molecule has 100 heavy (non-hydrogen) atoms. The van der Waals surface area contributed by atoms with Gasteiger partial charge in [-0.05, 0) is 51.4 Å². The van der Waals surface area contributed by atoms with E-state index < -0.39 is 24.3 Å². The van der Waals surface area contributed by atoms with Crippen LogP contribution in [0.1, 0.15) is 457 Å². The van der Waals surface area contributed by atoms with Crippen molar-refractivity contribution in [2.75, 3.05) is 47.5 Å². The third-order valence-corrected chi connectivity index (χ3v) is 20.3. The van der Waals surface area contributed by atoms with Crippen LogP contribution in [0.4, 0.5) is 0 Å². The summed E-state index contributed by atoms with van der Waals surface area (Å²) in [5.74, 6) is -2.25. The molecule has 0 aromatic rings. The molecule has 588 valence electrons. The number of hydrogen-bond acceptors (Lipinski definition) is 8. The van der Waals surface area contributed by atoms with Crippen LogP contribution in [0.15, 0.2) is 48.6 Å². The molecule has 2 unspecified atom stereocenters. The number of quaternary nitrogens is 1. The van der Waals surface area contributed by atoms with Gasteiger partial charge >= 0.3 is 11.9 Å². The van der Waals surface area contributed by atoms with Crippen molar-refractivity contribution in [1.82, 2.24) is 0 Å². The molecule has 0 spiro atoms. The number of carboxylic acids is 1. The van der Waals surface area contributed by atoms with Crippen LogP contribution in [-0.2, 0) is 33.3 Å². The van der Waals surface area contributed by atoms with Crippen LogP contribution in [0, 0.1) is 0 Å². The molecule has 0 saturated carbocycles. The lowest BCUT2D eigenvalue weighted by Crippen LogP contribution is -2.44. The summed E-state index contributed by atoms with van der Waals surface area (Å²) in [6.45, 7) is 4.73. The average Bonchev–Trinajstić information content (AvgIpc) is 1.67. The van der Waals surface area contributed by atoms with Crippen molar-refractivity contribution in [3.05, 3.63) is 48.6 Å². The Labute approximate surface area is 623 Å². The molecule has 0 aromatic carbocycles. The minimum absolute atomic E-state index is 0.151. The Morgan fingerprint density at radius 2 is 0.570 bits per heavy atom. The fraction of sp³-hybridized carbons (Fsp3) is 0.879. The summed E-state index contributed by atoms with van der Waals surface area (Å²) in [5.41, 5.74) is 0. The summed E-state index contributed by atoms with van der Waals surface area (Å²) in [4.78, 5) is 37.7. The number of carbonyl (C=O) groups excluding carboxylic acids is 3. The van der Waals surface area contributed by atoms with Crippen molar-refractivity contribution in [3.8, 4) is 0 Å². The number of hydrogen-bond donors (Lipinski definition) is 0. The van der Waals surface area contributed by atoms with Gasteiger partial charge in [-0.25, -0.2) is 0 Å². The summed E-state index contributed by atoms with van der Waals surface area (Å²) in [7, 11) is 5.96. The Kier molecular flexibility index (Phi) is 79.7. The molecule has 0 amide bonds. The van der Waals surface area contributed by atoms with Crippen LogP contribution < -0.4 is 5.11 Å². The van der Waals surface area contributed by atoms with E-state index in [1.54, 1.807) is 0 Å². The molecule has 0 N–H and O–H groups in total. The second-order valence-corrected chi connectivity index (χ2v) is 31.5. The Bertz CT molecular complexity index is 1790. The van der Waals surface area contributed by atoms with Crippen molar-refractivity contribution >= 4 is 17.9 Å². The number of carboxylic acid groups (broad SMARTS) is 1. The van der Waals surface area contributed by atoms with Crippen molar-refractivity contribution in [2.24, 2.45) is 0 Å². The Morgan fingerprint density at radius 1 is 0.310 bits per heavy atom. The smallest absolute Gasteiger partial charge is 0.306 e. The number of unbranched alkanes of at least 4 members (excludes halogenated alkanes) is 61. The summed E-state index contributed by atoms with van der Waals surface area (Å²) in [6, 6.07) is 0. The van der Waals surface area contributed by atoms with Crippen molar-refractivity contribution < 1.29 is 42.9 Å². The van der Waals surface area contributed by atoms with Gasteiger partial charge in [0.1, 0.15) is 13.2 Å². The molecule has 0 rings (SSSR count). The van der Waals surface area contributed by atoms with E-state index in [9.17, 15) is 19.5 Å². The summed E-state index contributed by atoms with van der Waals surface area (Å²) in [5, 5.41) is 11.9. The molecule has 9 heteroatoms. The molecular formula is C91H171NO8. The third kappa shape index (κ3) is 82.5. The summed E-state index contributed by atoms with van der Waals surface area (Å²) >= 11 is 0. The molecule has 0 aliphatic rings. The second kappa shape index (κ2) is 81.9. The Hall–Kier alpha value is -2.75.